The Balaban J connectivity index is 2.04. The summed E-state index contributed by atoms with van der Waals surface area (Å²) in [5, 5.41) is 0. The Morgan fingerprint density at radius 2 is 1.71 bits per heavy atom. The zero-order valence-corrected chi connectivity index (χ0v) is 12.2. The quantitative estimate of drug-likeness (QED) is 0.747. The van der Waals surface area contributed by atoms with Crippen molar-refractivity contribution in [3.63, 3.8) is 0 Å². The van der Waals surface area contributed by atoms with Crippen molar-refractivity contribution in [1.29, 1.82) is 0 Å². The summed E-state index contributed by atoms with van der Waals surface area (Å²) in [5.74, 6) is -0.441. The summed E-state index contributed by atoms with van der Waals surface area (Å²) in [6.45, 7) is 0. The average molecular weight is 299 g/mol. The molecule has 0 spiro atoms. The standard InChI is InChI=1S/C16H13NO3S/c1-17-10-8-12(9-11-17)6-7-15-16(18)13-4-2-3-5-14(13)21(15,19)20/h2-11H,1H3. The van der Waals surface area contributed by atoms with Crippen LogP contribution in [0.15, 0.2) is 76.3 Å². The fraction of sp³-hybridized carbons (Fsp3) is 0.0625. The number of nitrogens with zero attached hydrogens (tertiary/aromatic N) is 1. The number of benzene rings is 1. The molecule has 2 heterocycles. The summed E-state index contributed by atoms with van der Waals surface area (Å²) in [5.41, 5.74) is 1.08. The second kappa shape index (κ2) is 4.86. The molecule has 0 unspecified atom stereocenters. The maximum absolute atomic E-state index is 12.4. The number of allylic oxidation sites excluding steroid dienone is 6. The maximum Gasteiger partial charge on any atom is 0.211 e. The predicted molar refractivity (Wildman–Crippen MR) is 80.2 cm³/mol. The van der Waals surface area contributed by atoms with Crippen molar-refractivity contribution >= 4 is 15.6 Å². The Labute approximate surface area is 123 Å². The third kappa shape index (κ3) is 2.25. The Morgan fingerprint density at radius 1 is 1.05 bits per heavy atom. The Hall–Kier alpha value is -2.40. The first-order valence-electron chi connectivity index (χ1n) is 6.39. The first kappa shape index (κ1) is 13.6. The van der Waals surface area contributed by atoms with Gasteiger partial charge < -0.3 is 4.90 Å². The molecule has 1 aromatic carbocycles. The zero-order valence-electron chi connectivity index (χ0n) is 11.4. The van der Waals surface area contributed by atoms with Crippen LogP contribution in [0.4, 0.5) is 0 Å². The molecule has 0 amide bonds. The van der Waals surface area contributed by atoms with Gasteiger partial charge in [0.15, 0.2) is 0 Å². The van der Waals surface area contributed by atoms with Crippen LogP contribution in [-0.2, 0) is 9.84 Å². The Morgan fingerprint density at radius 3 is 2.38 bits per heavy atom. The Kier molecular flexibility index (Phi) is 3.14. The van der Waals surface area contributed by atoms with E-state index in [0.717, 1.165) is 5.57 Å². The predicted octanol–water partition coefficient (Wildman–Crippen LogP) is 2.44. The first-order chi connectivity index (χ1) is 10.00. The topological polar surface area (TPSA) is 54.5 Å². The molecule has 4 nitrogen and oxygen atoms in total. The van der Waals surface area contributed by atoms with Gasteiger partial charge in [0, 0.05) is 25.0 Å². The second-order valence-corrected chi connectivity index (χ2v) is 6.71. The smallest absolute Gasteiger partial charge is 0.211 e. The summed E-state index contributed by atoms with van der Waals surface area (Å²) >= 11 is 0. The van der Waals surface area contributed by atoms with Crippen LogP contribution in [0, 0.1) is 0 Å². The minimum Gasteiger partial charge on any atom is -0.357 e. The molecule has 2 aliphatic rings. The van der Waals surface area contributed by atoms with Crippen LogP contribution in [-0.4, -0.2) is 26.1 Å². The van der Waals surface area contributed by atoms with Gasteiger partial charge in [-0.05, 0) is 35.9 Å². The van der Waals surface area contributed by atoms with Crippen LogP contribution in [0.2, 0.25) is 0 Å². The van der Waals surface area contributed by atoms with Crippen molar-refractivity contribution in [2.24, 2.45) is 0 Å². The average Bonchev–Trinajstić information content (AvgIpc) is 2.67. The number of Topliss-reactive ketones (excluding diaryl/α,β-unsaturated/α-hetero) is 1. The van der Waals surface area contributed by atoms with E-state index < -0.39 is 15.6 Å². The number of ketones is 1. The number of carbonyl (C=O) groups is 1. The van der Waals surface area contributed by atoms with E-state index in [9.17, 15) is 13.2 Å². The monoisotopic (exact) mass is 299 g/mol. The third-order valence-corrected chi connectivity index (χ3v) is 5.20. The lowest BCUT2D eigenvalue weighted by atomic mass is 10.1. The van der Waals surface area contributed by atoms with E-state index in [0.29, 0.717) is 0 Å². The van der Waals surface area contributed by atoms with E-state index in [-0.39, 0.29) is 15.4 Å². The summed E-state index contributed by atoms with van der Waals surface area (Å²) in [6.07, 6.45) is 10.4. The van der Waals surface area contributed by atoms with Gasteiger partial charge in [-0.15, -0.1) is 0 Å². The van der Waals surface area contributed by atoms with Gasteiger partial charge in [0.25, 0.3) is 0 Å². The molecule has 0 saturated carbocycles. The van der Waals surface area contributed by atoms with Crippen LogP contribution in [0.1, 0.15) is 10.4 Å². The molecule has 0 bridgehead atoms. The third-order valence-electron chi connectivity index (χ3n) is 3.37. The van der Waals surface area contributed by atoms with E-state index in [1.165, 1.54) is 12.1 Å². The molecule has 1 aromatic rings. The van der Waals surface area contributed by atoms with E-state index in [1.54, 1.807) is 24.3 Å². The molecule has 0 fully saturated rings. The van der Waals surface area contributed by atoms with Crippen molar-refractivity contribution in [1.82, 2.24) is 4.90 Å². The second-order valence-electron chi connectivity index (χ2n) is 4.82. The number of sulfone groups is 1. The lowest BCUT2D eigenvalue weighted by Crippen LogP contribution is -2.03. The largest absolute Gasteiger partial charge is 0.357 e. The number of fused-ring (bicyclic) bond motifs is 1. The molecular formula is C16H13NO3S. The molecular weight excluding hydrogens is 286 g/mol. The van der Waals surface area contributed by atoms with Crippen molar-refractivity contribution in [3.05, 3.63) is 77.0 Å². The lowest BCUT2D eigenvalue weighted by molar-refractivity contribution is 0.104. The highest BCUT2D eigenvalue weighted by Gasteiger charge is 2.38. The van der Waals surface area contributed by atoms with Gasteiger partial charge in [-0.1, -0.05) is 18.2 Å². The van der Waals surface area contributed by atoms with Crippen LogP contribution in [0.5, 0.6) is 0 Å². The molecule has 3 rings (SSSR count). The first-order valence-corrected chi connectivity index (χ1v) is 7.87. The highest BCUT2D eigenvalue weighted by atomic mass is 32.2. The molecule has 5 heteroatoms. The van der Waals surface area contributed by atoms with Gasteiger partial charge >= 0.3 is 0 Å². The molecule has 0 atom stereocenters. The zero-order chi connectivity index (χ0) is 15.0. The van der Waals surface area contributed by atoms with Gasteiger partial charge in [-0.2, -0.15) is 0 Å². The van der Waals surface area contributed by atoms with Crippen LogP contribution in [0.25, 0.3) is 0 Å². The minimum absolute atomic E-state index is 0.0918. The molecule has 2 aliphatic heterocycles. The van der Waals surface area contributed by atoms with E-state index in [1.807, 2.05) is 36.5 Å². The summed E-state index contributed by atoms with van der Waals surface area (Å²) in [4.78, 5) is 14.0. The fourth-order valence-corrected chi connectivity index (χ4v) is 3.77. The van der Waals surface area contributed by atoms with Crippen LogP contribution < -0.4 is 0 Å². The number of rotatable bonds is 1. The summed E-state index contributed by atoms with van der Waals surface area (Å²) in [7, 11) is -1.81. The number of hydrogen-bond donors (Lipinski definition) is 0. The van der Waals surface area contributed by atoms with Crippen LogP contribution >= 0.6 is 0 Å². The van der Waals surface area contributed by atoms with E-state index in [4.69, 9.17) is 0 Å². The number of hydrogen-bond acceptors (Lipinski definition) is 4. The lowest BCUT2D eigenvalue weighted by Gasteiger charge is -2.11. The van der Waals surface area contributed by atoms with Crippen molar-refractivity contribution in [2.45, 2.75) is 4.90 Å². The molecule has 21 heavy (non-hydrogen) atoms. The van der Waals surface area contributed by atoms with Crippen molar-refractivity contribution in [2.75, 3.05) is 7.05 Å². The highest BCUT2D eigenvalue weighted by molar-refractivity contribution is 7.97. The van der Waals surface area contributed by atoms with Gasteiger partial charge in [-0.3, -0.25) is 4.79 Å². The van der Waals surface area contributed by atoms with Gasteiger partial charge in [0.2, 0.25) is 15.6 Å². The maximum atomic E-state index is 12.4. The Bertz CT molecular complexity index is 826. The summed E-state index contributed by atoms with van der Waals surface area (Å²) < 4.78 is 24.7. The molecule has 0 aliphatic carbocycles. The fourth-order valence-electron chi connectivity index (χ4n) is 2.22. The van der Waals surface area contributed by atoms with E-state index >= 15 is 0 Å². The molecule has 0 N–H and O–H groups in total. The molecule has 0 radical (unpaired) electrons. The van der Waals surface area contributed by atoms with Gasteiger partial charge in [0.05, 0.1) is 4.90 Å². The molecule has 106 valence electrons. The van der Waals surface area contributed by atoms with Gasteiger partial charge in [-0.25, -0.2) is 8.42 Å². The number of carbonyl (C=O) groups excluding carboxylic acids is 1. The van der Waals surface area contributed by atoms with Gasteiger partial charge in [0.1, 0.15) is 4.91 Å². The molecule has 0 aromatic heterocycles. The van der Waals surface area contributed by atoms with Crippen molar-refractivity contribution in [3.8, 4) is 0 Å². The highest BCUT2D eigenvalue weighted by Crippen LogP contribution is 2.33. The van der Waals surface area contributed by atoms with Crippen molar-refractivity contribution < 1.29 is 13.2 Å². The molecule has 0 saturated heterocycles. The minimum atomic E-state index is -3.70. The van der Waals surface area contributed by atoms with E-state index in [2.05, 4.69) is 0 Å². The summed E-state index contributed by atoms with van der Waals surface area (Å²) in [6, 6.07) is 6.29. The van der Waals surface area contributed by atoms with Crippen LogP contribution in [0.3, 0.4) is 0 Å². The SMILES string of the molecule is CN1C=CC(=CC=C2C(=O)c3ccccc3S2(=O)=O)C=C1. The normalized spacial score (nSPS) is 21.0.